The third-order valence-electron chi connectivity index (χ3n) is 7.94. The lowest BCUT2D eigenvalue weighted by atomic mass is 9.78. The van der Waals surface area contributed by atoms with Crippen molar-refractivity contribution in [1.82, 2.24) is 19.0 Å². The van der Waals surface area contributed by atoms with E-state index in [1.54, 1.807) is 27.5 Å². The summed E-state index contributed by atoms with van der Waals surface area (Å²) in [7, 11) is 0.289. The maximum atomic E-state index is 13.4. The average Bonchev–Trinajstić information content (AvgIpc) is 3.46. The van der Waals surface area contributed by atoms with E-state index in [1.807, 2.05) is 31.9 Å². The number of sulfonamides is 1. The molecule has 3 heterocycles. The summed E-state index contributed by atoms with van der Waals surface area (Å²) in [6, 6.07) is 10.7. The number of nitrogens with zero attached hydrogens (tertiary/aromatic N) is 5. The smallest absolute Gasteiger partial charge is 0.240 e. The van der Waals surface area contributed by atoms with Gasteiger partial charge in [0.2, 0.25) is 10.0 Å². The van der Waals surface area contributed by atoms with Gasteiger partial charge in [-0.2, -0.15) is 9.40 Å². The van der Waals surface area contributed by atoms with E-state index in [2.05, 4.69) is 29.1 Å². The standard InChI is InChI=1S/C28H36FN5O2S/c1-5-25(19-31(3)4)37(35,36)33-14-11-28(12-15-33)10-13-32(20-28)26-17-22-18-30-34(27(22)16-21(26)2)24-8-6-23(29)7-9-24/h6-9,16-19H,5,10-15,20H2,1-4H3/b25-19+. The number of aromatic nitrogens is 2. The van der Waals surface area contributed by atoms with Gasteiger partial charge in [-0.05, 0) is 80.0 Å². The molecule has 1 spiro atoms. The maximum Gasteiger partial charge on any atom is 0.240 e. The van der Waals surface area contributed by atoms with Gasteiger partial charge in [-0.3, -0.25) is 0 Å². The fraction of sp³-hybridized carbons (Fsp3) is 0.464. The molecule has 2 aliphatic rings. The number of fused-ring (bicyclic) bond motifs is 1. The normalized spacial score (nSPS) is 18.7. The second-order valence-electron chi connectivity index (χ2n) is 10.7. The van der Waals surface area contributed by atoms with Gasteiger partial charge in [-0.15, -0.1) is 0 Å². The van der Waals surface area contributed by atoms with Gasteiger partial charge in [0.05, 0.1) is 22.3 Å². The molecule has 0 radical (unpaired) electrons. The average molecular weight is 526 g/mol. The van der Waals surface area contributed by atoms with Crippen LogP contribution in [0, 0.1) is 18.2 Å². The van der Waals surface area contributed by atoms with E-state index in [4.69, 9.17) is 0 Å². The monoisotopic (exact) mass is 525 g/mol. The summed E-state index contributed by atoms with van der Waals surface area (Å²) >= 11 is 0. The minimum Gasteiger partial charge on any atom is -0.383 e. The molecule has 2 aromatic carbocycles. The number of anilines is 1. The Bertz CT molecular complexity index is 1420. The number of hydrogen-bond acceptors (Lipinski definition) is 5. The zero-order chi connectivity index (χ0) is 26.4. The minimum atomic E-state index is -3.43. The molecule has 3 aromatic rings. The van der Waals surface area contributed by atoms with Crippen LogP contribution in [0.3, 0.4) is 0 Å². The molecule has 1 aromatic heterocycles. The highest BCUT2D eigenvalue weighted by Gasteiger charge is 2.43. The summed E-state index contributed by atoms with van der Waals surface area (Å²) in [5.74, 6) is -0.263. The zero-order valence-corrected chi connectivity index (χ0v) is 22.9. The predicted octanol–water partition coefficient (Wildman–Crippen LogP) is 4.91. The van der Waals surface area contributed by atoms with Gasteiger partial charge in [0.25, 0.3) is 0 Å². The molecule has 0 unspecified atom stereocenters. The van der Waals surface area contributed by atoms with E-state index >= 15 is 0 Å². The molecule has 2 aliphatic heterocycles. The van der Waals surface area contributed by atoms with E-state index < -0.39 is 10.0 Å². The van der Waals surface area contributed by atoms with Crippen LogP contribution in [0.1, 0.15) is 38.2 Å². The molecular weight excluding hydrogens is 489 g/mol. The van der Waals surface area contributed by atoms with Crippen LogP contribution in [0.15, 0.2) is 53.7 Å². The minimum absolute atomic E-state index is 0.142. The van der Waals surface area contributed by atoms with Crippen LogP contribution in [0.4, 0.5) is 10.1 Å². The molecule has 0 atom stereocenters. The first-order valence-corrected chi connectivity index (χ1v) is 14.4. The van der Waals surface area contributed by atoms with Crippen LogP contribution in [0.2, 0.25) is 0 Å². The predicted molar refractivity (Wildman–Crippen MR) is 147 cm³/mol. The van der Waals surface area contributed by atoms with Gasteiger partial charge in [0.15, 0.2) is 0 Å². The van der Waals surface area contributed by atoms with Crippen molar-refractivity contribution in [2.45, 2.75) is 39.5 Å². The molecule has 9 heteroatoms. The summed E-state index contributed by atoms with van der Waals surface area (Å²) in [4.78, 5) is 4.74. The molecule has 37 heavy (non-hydrogen) atoms. The van der Waals surface area contributed by atoms with Crippen molar-refractivity contribution >= 4 is 26.6 Å². The SMILES string of the molecule is CC/C(=C\N(C)C)S(=O)(=O)N1CCC2(CCN(c3cc4cnn(-c5ccc(F)cc5)c4cc3C)C2)CC1. The van der Waals surface area contributed by atoms with Crippen molar-refractivity contribution in [1.29, 1.82) is 0 Å². The van der Waals surface area contributed by atoms with Crippen LogP contribution in [-0.4, -0.2) is 67.7 Å². The lowest BCUT2D eigenvalue weighted by Gasteiger charge is -2.39. The molecule has 198 valence electrons. The van der Waals surface area contributed by atoms with Crippen LogP contribution in [0.5, 0.6) is 0 Å². The summed E-state index contributed by atoms with van der Waals surface area (Å²) < 4.78 is 43.4. The molecule has 0 amide bonds. The molecule has 2 saturated heterocycles. The number of aryl methyl sites for hydroxylation is 1. The lowest BCUT2D eigenvalue weighted by molar-refractivity contribution is 0.177. The third-order valence-corrected chi connectivity index (χ3v) is 10.0. The first-order valence-electron chi connectivity index (χ1n) is 13.0. The van der Waals surface area contributed by atoms with Gasteiger partial charge in [-0.1, -0.05) is 6.92 Å². The maximum absolute atomic E-state index is 13.4. The molecular formula is C28H36FN5O2S. The Morgan fingerprint density at radius 2 is 1.78 bits per heavy atom. The third kappa shape index (κ3) is 4.86. The number of rotatable bonds is 6. The van der Waals surface area contributed by atoms with Crippen molar-refractivity contribution in [3.05, 3.63) is 65.1 Å². The van der Waals surface area contributed by atoms with Crippen LogP contribution in [-0.2, 0) is 10.0 Å². The summed E-state index contributed by atoms with van der Waals surface area (Å²) in [5, 5.41) is 5.61. The van der Waals surface area contributed by atoms with Crippen LogP contribution < -0.4 is 4.90 Å². The highest BCUT2D eigenvalue weighted by atomic mass is 32.2. The molecule has 0 saturated carbocycles. The fourth-order valence-corrected chi connectivity index (χ4v) is 7.54. The first kappa shape index (κ1) is 25.7. The lowest BCUT2D eigenvalue weighted by Crippen LogP contribution is -2.44. The largest absolute Gasteiger partial charge is 0.383 e. The number of allylic oxidation sites excluding steroid dienone is 1. The van der Waals surface area contributed by atoms with Gasteiger partial charge in [0, 0.05) is 57.5 Å². The van der Waals surface area contributed by atoms with Crippen molar-refractivity contribution < 1.29 is 12.8 Å². The van der Waals surface area contributed by atoms with E-state index in [0.29, 0.717) is 24.4 Å². The van der Waals surface area contributed by atoms with Crippen LogP contribution in [0.25, 0.3) is 16.6 Å². The van der Waals surface area contributed by atoms with Gasteiger partial charge in [0.1, 0.15) is 5.82 Å². The highest BCUT2D eigenvalue weighted by molar-refractivity contribution is 7.93. The van der Waals surface area contributed by atoms with Crippen LogP contribution >= 0.6 is 0 Å². The zero-order valence-electron chi connectivity index (χ0n) is 22.1. The number of piperidine rings is 1. The molecule has 2 fully saturated rings. The Balaban J connectivity index is 1.32. The summed E-state index contributed by atoms with van der Waals surface area (Å²) in [6.45, 7) is 7.07. The van der Waals surface area contributed by atoms with E-state index in [9.17, 15) is 12.8 Å². The molecule has 0 bridgehead atoms. The van der Waals surface area contributed by atoms with E-state index in [-0.39, 0.29) is 11.2 Å². The van der Waals surface area contributed by atoms with E-state index in [0.717, 1.165) is 48.9 Å². The van der Waals surface area contributed by atoms with Crippen molar-refractivity contribution in [2.75, 3.05) is 45.2 Å². The second-order valence-corrected chi connectivity index (χ2v) is 12.7. The Kier molecular flexibility index (Phi) is 6.79. The van der Waals surface area contributed by atoms with Crippen molar-refractivity contribution in [2.24, 2.45) is 5.41 Å². The quantitative estimate of drug-likeness (QED) is 0.458. The molecule has 0 aliphatic carbocycles. The fourth-order valence-electron chi connectivity index (χ4n) is 5.84. The van der Waals surface area contributed by atoms with E-state index in [1.165, 1.54) is 23.4 Å². The Morgan fingerprint density at radius 3 is 2.43 bits per heavy atom. The Morgan fingerprint density at radius 1 is 1.11 bits per heavy atom. The second kappa shape index (κ2) is 9.76. The molecule has 7 nitrogen and oxygen atoms in total. The van der Waals surface area contributed by atoms with Gasteiger partial charge < -0.3 is 9.80 Å². The number of benzene rings is 2. The summed E-state index contributed by atoms with van der Waals surface area (Å²) in [6.07, 6.45) is 6.92. The highest BCUT2D eigenvalue weighted by Crippen LogP contribution is 2.44. The number of halogens is 1. The number of hydrogen-bond donors (Lipinski definition) is 0. The molecule has 5 rings (SSSR count). The van der Waals surface area contributed by atoms with Gasteiger partial charge in [-0.25, -0.2) is 17.5 Å². The Hall–Kier alpha value is -2.91. The van der Waals surface area contributed by atoms with Gasteiger partial charge >= 0.3 is 0 Å². The molecule has 0 N–H and O–H groups in total. The first-order chi connectivity index (χ1) is 17.6. The summed E-state index contributed by atoms with van der Waals surface area (Å²) in [5.41, 5.74) is 4.36. The van der Waals surface area contributed by atoms with Crippen molar-refractivity contribution in [3.63, 3.8) is 0 Å². The van der Waals surface area contributed by atoms with Crippen molar-refractivity contribution in [3.8, 4) is 5.69 Å². The Labute approximate surface area is 219 Å². The topological polar surface area (TPSA) is 61.7 Å².